The van der Waals surface area contributed by atoms with Crippen molar-refractivity contribution in [1.29, 1.82) is 0 Å². The molecule has 0 N–H and O–H groups in total. The number of alkyl halides is 1. The molecule has 4 nitrogen and oxygen atoms in total. The molecule has 0 bridgehead atoms. The normalized spacial score (nSPS) is 11.5. The van der Waals surface area contributed by atoms with E-state index in [9.17, 15) is 0 Å². The molecule has 0 aliphatic rings. The fourth-order valence-corrected chi connectivity index (χ4v) is 2.97. The lowest BCUT2D eigenvalue weighted by atomic mass is 10.2. The minimum Gasteiger partial charge on any atom is -0.280 e. The highest BCUT2D eigenvalue weighted by atomic mass is 35.5. The Hall–Kier alpha value is -1.52. The molecule has 3 aromatic rings. The SMILES string of the molecule is CCc1nn(C)c2c1nc(CCl)n2-c1cc(Cl)ccc1C. The number of aryl methyl sites for hydroxylation is 3. The maximum absolute atomic E-state index is 6.16. The van der Waals surface area contributed by atoms with Gasteiger partial charge in [0.05, 0.1) is 17.3 Å². The van der Waals surface area contributed by atoms with Crippen molar-refractivity contribution in [2.45, 2.75) is 26.1 Å². The van der Waals surface area contributed by atoms with Gasteiger partial charge in [0.15, 0.2) is 5.65 Å². The average molecular weight is 323 g/mol. The minimum absolute atomic E-state index is 0.337. The molecule has 0 saturated carbocycles. The zero-order valence-electron chi connectivity index (χ0n) is 12.2. The molecular weight excluding hydrogens is 307 g/mol. The van der Waals surface area contributed by atoms with Crippen LogP contribution in [0.2, 0.25) is 5.02 Å². The third-order valence-electron chi connectivity index (χ3n) is 3.64. The summed E-state index contributed by atoms with van der Waals surface area (Å²) in [6.45, 7) is 4.12. The zero-order chi connectivity index (χ0) is 15.1. The molecule has 3 rings (SSSR count). The third-order valence-corrected chi connectivity index (χ3v) is 4.11. The van der Waals surface area contributed by atoms with Crippen molar-refractivity contribution in [1.82, 2.24) is 19.3 Å². The van der Waals surface area contributed by atoms with Crippen LogP contribution in [0, 0.1) is 6.92 Å². The second-order valence-corrected chi connectivity index (χ2v) is 5.73. The number of benzene rings is 1. The molecule has 0 unspecified atom stereocenters. The number of fused-ring (bicyclic) bond motifs is 1. The number of halogens is 2. The van der Waals surface area contributed by atoms with Crippen molar-refractivity contribution in [2.24, 2.45) is 7.05 Å². The summed E-state index contributed by atoms with van der Waals surface area (Å²) in [7, 11) is 1.93. The van der Waals surface area contributed by atoms with Gasteiger partial charge in [-0.3, -0.25) is 4.57 Å². The Balaban J connectivity index is 2.40. The van der Waals surface area contributed by atoms with Crippen molar-refractivity contribution in [3.63, 3.8) is 0 Å². The third kappa shape index (κ3) is 2.23. The molecule has 0 radical (unpaired) electrons. The van der Waals surface area contributed by atoms with Gasteiger partial charge in [-0.05, 0) is 31.0 Å². The molecule has 21 heavy (non-hydrogen) atoms. The number of hydrogen-bond donors (Lipinski definition) is 0. The first kappa shape index (κ1) is 14.4. The second kappa shape index (κ2) is 5.35. The lowest BCUT2D eigenvalue weighted by Gasteiger charge is -2.11. The predicted molar refractivity (Wildman–Crippen MR) is 86.5 cm³/mol. The van der Waals surface area contributed by atoms with E-state index < -0.39 is 0 Å². The van der Waals surface area contributed by atoms with Crippen LogP contribution in [0.3, 0.4) is 0 Å². The molecule has 0 atom stereocenters. The summed E-state index contributed by atoms with van der Waals surface area (Å²) in [5.41, 5.74) is 4.95. The van der Waals surface area contributed by atoms with Gasteiger partial charge < -0.3 is 0 Å². The van der Waals surface area contributed by atoms with Gasteiger partial charge in [-0.25, -0.2) is 9.67 Å². The van der Waals surface area contributed by atoms with Gasteiger partial charge in [-0.15, -0.1) is 11.6 Å². The van der Waals surface area contributed by atoms with Gasteiger partial charge in [0.1, 0.15) is 11.3 Å². The van der Waals surface area contributed by atoms with E-state index in [0.717, 1.165) is 40.4 Å². The topological polar surface area (TPSA) is 35.6 Å². The lowest BCUT2D eigenvalue weighted by molar-refractivity contribution is 0.744. The average Bonchev–Trinajstić information content (AvgIpc) is 2.99. The highest BCUT2D eigenvalue weighted by Crippen LogP contribution is 2.28. The van der Waals surface area contributed by atoms with Gasteiger partial charge >= 0.3 is 0 Å². The van der Waals surface area contributed by atoms with E-state index in [1.165, 1.54) is 0 Å². The number of rotatable bonds is 3. The first-order chi connectivity index (χ1) is 10.1. The van der Waals surface area contributed by atoms with Crippen LogP contribution in [0.25, 0.3) is 16.9 Å². The highest BCUT2D eigenvalue weighted by Gasteiger charge is 2.20. The van der Waals surface area contributed by atoms with Crippen molar-refractivity contribution in [2.75, 3.05) is 0 Å². The fourth-order valence-electron chi connectivity index (χ4n) is 2.63. The predicted octanol–water partition coefficient (Wildman–Crippen LogP) is 4.02. The summed E-state index contributed by atoms with van der Waals surface area (Å²) in [5.74, 6) is 1.14. The lowest BCUT2D eigenvalue weighted by Crippen LogP contribution is -2.06. The summed E-state index contributed by atoms with van der Waals surface area (Å²) < 4.78 is 3.91. The molecule has 1 aromatic carbocycles. The maximum atomic E-state index is 6.16. The van der Waals surface area contributed by atoms with Gasteiger partial charge in [0.2, 0.25) is 0 Å². The van der Waals surface area contributed by atoms with E-state index >= 15 is 0 Å². The summed E-state index contributed by atoms with van der Waals surface area (Å²) in [5, 5.41) is 5.23. The maximum Gasteiger partial charge on any atom is 0.163 e. The van der Waals surface area contributed by atoms with Crippen LogP contribution in [0.5, 0.6) is 0 Å². The molecule has 0 amide bonds. The Morgan fingerprint density at radius 3 is 2.71 bits per heavy atom. The Morgan fingerprint density at radius 1 is 1.29 bits per heavy atom. The van der Waals surface area contributed by atoms with Crippen LogP contribution in [0.15, 0.2) is 18.2 Å². The van der Waals surface area contributed by atoms with E-state index in [4.69, 9.17) is 23.2 Å². The summed E-state index contributed by atoms with van der Waals surface area (Å²) in [6, 6.07) is 5.82. The quantitative estimate of drug-likeness (QED) is 0.683. The largest absolute Gasteiger partial charge is 0.280 e. The van der Waals surface area contributed by atoms with Crippen LogP contribution in [-0.2, 0) is 19.3 Å². The van der Waals surface area contributed by atoms with E-state index in [-0.39, 0.29) is 0 Å². The monoisotopic (exact) mass is 322 g/mol. The molecule has 0 aliphatic carbocycles. The minimum atomic E-state index is 0.337. The van der Waals surface area contributed by atoms with Crippen molar-refractivity contribution in [3.8, 4) is 5.69 Å². The summed E-state index contributed by atoms with van der Waals surface area (Å²) in [4.78, 5) is 4.67. The van der Waals surface area contributed by atoms with Crippen molar-refractivity contribution < 1.29 is 0 Å². The summed E-state index contributed by atoms with van der Waals surface area (Å²) >= 11 is 12.3. The van der Waals surface area contributed by atoms with Crippen LogP contribution in [0.1, 0.15) is 24.0 Å². The van der Waals surface area contributed by atoms with Gasteiger partial charge in [0.25, 0.3) is 0 Å². The Bertz CT molecular complexity index is 817. The van der Waals surface area contributed by atoms with Gasteiger partial charge in [-0.2, -0.15) is 5.10 Å². The smallest absolute Gasteiger partial charge is 0.163 e. The fraction of sp³-hybridized carbons (Fsp3) is 0.333. The Kier molecular flexibility index (Phi) is 3.68. The molecule has 0 saturated heterocycles. The number of nitrogens with zero attached hydrogens (tertiary/aromatic N) is 4. The molecule has 2 aromatic heterocycles. The Morgan fingerprint density at radius 2 is 2.05 bits per heavy atom. The number of aromatic nitrogens is 4. The highest BCUT2D eigenvalue weighted by molar-refractivity contribution is 6.30. The van der Waals surface area contributed by atoms with E-state index in [1.54, 1.807) is 0 Å². The number of imidazole rings is 1. The second-order valence-electron chi connectivity index (χ2n) is 5.02. The van der Waals surface area contributed by atoms with E-state index in [2.05, 4.69) is 21.6 Å². The first-order valence-corrected chi connectivity index (χ1v) is 7.73. The molecule has 6 heteroatoms. The molecule has 0 spiro atoms. The van der Waals surface area contributed by atoms with Crippen LogP contribution < -0.4 is 0 Å². The molecule has 110 valence electrons. The first-order valence-electron chi connectivity index (χ1n) is 6.82. The number of hydrogen-bond acceptors (Lipinski definition) is 2. The van der Waals surface area contributed by atoms with Gasteiger partial charge in [-0.1, -0.05) is 24.6 Å². The molecular formula is C15H16Cl2N4. The van der Waals surface area contributed by atoms with Crippen molar-refractivity contribution >= 4 is 34.4 Å². The Labute approximate surface area is 133 Å². The summed E-state index contributed by atoms with van der Waals surface area (Å²) in [6.07, 6.45) is 0.838. The van der Waals surface area contributed by atoms with E-state index in [1.807, 2.05) is 36.9 Å². The molecule has 0 aliphatic heterocycles. The van der Waals surface area contributed by atoms with Crippen LogP contribution >= 0.6 is 23.2 Å². The standard InChI is InChI=1S/C15H16Cl2N4/c1-4-11-14-15(20(3)19-11)21(13(8-16)18-14)12-7-10(17)6-5-9(12)2/h5-7H,4,8H2,1-3H3. The molecule has 2 heterocycles. The zero-order valence-corrected chi connectivity index (χ0v) is 13.7. The van der Waals surface area contributed by atoms with Crippen LogP contribution in [0.4, 0.5) is 0 Å². The van der Waals surface area contributed by atoms with Gasteiger partial charge in [0, 0.05) is 12.1 Å². The van der Waals surface area contributed by atoms with Crippen molar-refractivity contribution in [3.05, 3.63) is 40.3 Å². The van der Waals surface area contributed by atoms with Crippen LogP contribution in [-0.4, -0.2) is 19.3 Å². The van der Waals surface area contributed by atoms with E-state index in [0.29, 0.717) is 10.9 Å². The molecule has 0 fully saturated rings.